The fourth-order valence-corrected chi connectivity index (χ4v) is 1.42. The lowest BCUT2D eigenvalue weighted by molar-refractivity contribution is -0.120. The second-order valence-corrected chi connectivity index (χ2v) is 5.21. The fourth-order valence-electron chi connectivity index (χ4n) is 1.42. The topological polar surface area (TPSA) is 40.5 Å². The second-order valence-electron chi connectivity index (χ2n) is 5.21. The molecule has 0 saturated carbocycles. The van der Waals surface area contributed by atoms with Gasteiger partial charge in [0.1, 0.15) is 5.75 Å². The predicted molar refractivity (Wildman–Crippen MR) is 65.6 cm³/mol. The first-order valence-electron chi connectivity index (χ1n) is 5.35. The zero-order chi connectivity index (χ0) is 12.3. The van der Waals surface area contributed by atoms with Crippen molar-refractivity contribution in [2.45, 2.75) is 27.2 Å². The number of aromatic hydroxyl groups is 1. The van der Waals surface area contributed by atoms with Crippen LogP contribution < -0.4 is 4.90 Å². The number of anilines is 1. The highest BCUT2D eigenvalue weighted by Gasteiger charge is 2.19. The van der Waals surface area contributed by atoms with Crippen molar-refractivity contribution in [1.29, 1.82) is 0 Å². The molecule has 3 nitrogen and oxygen atoms in total. The largest absolute Gasteiger partial charge is 0.508 e. The van der Waals surface area contributed by atoms with Crippen LogP contribution in [0.4, 0.5) is 5.69 Å². The maximum atomic E-state index is 11.9. The molecule has 0 heterocycles. The molecule has 0 aliphatic heterocycles. The third-order valence-corrected chi connectivity index (χ3v) is 2.27. The first-order chi connectivity index (χ1) is 7.29. The van der Waals surface area contributed by atoms with Gasteiger partial charge < -0.3 is 10.0 Å². The van der Waals surface area contributed by atoms with Crippen molar-refractivity contribution in [3.05, 3.63) is 24.3 Å². The molecule has 88 valence electrons. The van der Waals surface area contributed by atoms with Gasteiger partial charge in [-0.05, 0) is 17.5 Å². The van der Waals surface area contributed by atoms with Gasteiger partial charge in [0.2, 0.25) is 5.91 Å². The Kier molecular flexibility index (Phi) is 3.58. The highest BCUT2D eigenvalue weighted by molar-refractivity contribution is 5.93. The molecule has 16 heavy (non-hydrogen) atoms. The molecular formula is C13H19NO2. The molecule has 0 aromatic heterocycles. The summed E-state index contributed by atoms with van der Waals surface area (Å²) in [6.45, 7) is 6.09. The zero-order valence-electron chi connectivity index (χ0n) is 10.3. The van der Waals surface area contributed by atoms with Gasteiger partial charge in [-0.2, -0.15) is 0 Å². The van der Waals surface area contributed by atoms with Crippen LogP contribution in [-0.2, 0) is 4.79 Å². The van der Waals surface area contributed by atoms with E-state index in [0.29, 0.717) is 12.1 Å². The maximum Gasteiger partial charge on any atom is 0.227 e. The average Bonchev–Trinajstić information content (AvgIpc) is 2.14. The van der Waals surface area contributed by atoms with Crippen molar-refractivity contribution in [1.82, 2.24) is 0 Å². The van der Waals surface area contributed by atoms with Crippen molar-refractivity contribution in [3.63, 3.8) is 0 Å². The number of hydrogen-bond donors (Lipinski definition) is 1. The number of phenolic OH excluding ortho intramolecular Hbond substituents is 1. The SMILES string of the molecule is CN(C(=O)CC(C)(C)C)c1cccc(O)c1. The average molecular weight is 221 g/mol. The molecule has 0 fully saturated rings. The fraction of sp³-hybridized carbons (Fsp3) is 0.462. The molecule has 0 radical (unpaired) electrons. The summed E-state index contributed by atoms with van der Waals surface area (Å²) < 4.78 is 0. The number of carbonyl (C=O) groups excluding carboxylic acids is 1. The van der Waals surface area contributed by atoms with E-state index in [1.807, 2.05) is 20.8 Å². The Balaban J connectivity index is 2.78. The first kappa shape index (κ1) is 12.6. The lowest BCUT2D eigenvalue weighted by Crippen LogP contribution is -2.29. The molecule has 0 atom stereocenters. The summed E-state index contributed by atoms with van der Waals surface area (Å²) in [6.07, 6.45) is 0.485. The molecule has 1 aromatic carbocycles. The number of carbonyl (C=O) groups is 1. The highest BCUT2D eigenvalue weighted by atomic mass is 16.3. The smallest absolute Gasteiger partial charge is 0.227 e. The van der Waals surface area contributed by atoms with Gasteiger partial charge in [-0.25, -0.2) is 0 Å². The van der Waals surface area contributed by atoms with E-state index in [1.165, 1.54) is 0 Å². The number of hydrogen-bond acceptors (Lipinski definition) is 2. The standard InChI is InChI=1S/C13H19NO2/c1-13(2,3)9-12(16)14(4)10-6-5-7-11(15)8-10/h5-8,15H,9H2,1-4H3. The van der Waals surface area contributed by atoms with Crippen LogP contribution in [0.3, 0.4) is 0 Å². The molecule has 0 aliphatic rings. The highest BCUT2D eigenvalue weighted by Crippen LogP contribution is 2.24. The van der Waals surface area contributed by atoms with Gasteiger partial charge >= 0.3 is 0 Å². The van der Waals surface area contributed by atoms with E-state index in [4.69, 9.17) is 0 Å². The van der Waals surface area contributed by atoms with Crippen LogP contribution >= 0.6 is 0 Å². The number of benzene rings is 1. The van der Waals surface area contributed by atoms with E-state index in [2.05, 4.69) is 0 Å². The van der Waals surface area contributed by atoms with Crippen LogP contribution in [0.5, 0.6) is 5.75 Å². The molecule has 1 rings (SSSR count). The van der Waals surface area contributed by atoms with Gasteiger partial charge in [-0.15, -0.1) is 0 Å². The monoisotopic (exact) mass is 221 g/mol. The minimum Gasteiger partial charge on any atom is -0.508 e. The molecular weight excluding hydrogens is 202 g/mol. The van der Waals surface area contributed by atoms with E-state index in [0.717, 1.165) is 0 Å². The maximum absolute atomic E-state index is 11.9. The number of rotatable bonds is 2. The van der Waals surface area contributed by atoms with Crippen molar-refractivity contribution in [2.24, 2.45) is 5.41 Å². The quantitative estimate of drug-likeness (QED) is 0.834. The minimum absolute atomic E-state index is 0.0256. The first-order valence-corrected chi connectivity index (χ1v) is 5.35. The Bertz CT molecular complexity index is 380. The molecule has 0 spiro atoms. The Labute approximate surface area is 96.7 Å². The van der Waals surface area contributed by atoms with Crippen LogP contribution in [0.1, 0.15) is 27.2 Å². The van der Waals surface area contributed by atoms with E-state index in [9.17, 15) is 9.90 Å². The lowest BCUT2D eigenvalue weighted by atomic mass is 9.91. The Morgan fingerprint density at radius 1 is 1.38 bits per heavy atom. The van der Waals surface area contributed by atoms with Gasteiger partial charge in [0.05, 0.1) is 0 Å². The van der Waals surface area contributed by atoms with E-state index in [1.54, 1.807) is 36.2 Å². The molecule has 1 amide bonds. The number of amides is 1. The van der Waals surface area contributed by atoms with E-state index < -0.39 is 0 Å². The van der Waals surface area contributed by atoms with Gasteiger partial charge in [0.15, 0.2) is 0 Å². The minimum atomic E-state index is -0.0256. The summed E-state index contributed by atoms with van der Waals surface area (Å²) in [5.41, 5.74) is 0.691. The van der Waals surface area contributed by atoms with Crippen molar-refractivity contribution >= 4 is 11.6 Å². The Morgan fingerprint density at radius 3 is 2.50 bits per heavy atom. The summed E-state index contributed by atoms with van der Waals surface area (Å²) in [4.78, 5) is 13.5. The lowest BCUT2D eigenvalue weighted by Gasteiger charge is -2.23. The summed E-state index contributed by atoms with van der Waals surface area (Å²) in [5, 5.41) is 9.34. The molecule has 3 heteroatoms. The zero-order valence-corrected chi connectivity index (χ0v) is 10.3. The van der Waals surface area contributed by atoms with Crippen molar-refractivity contribution < 1.29 is 9.90 Å². The van der Waals surface area contributed by atoms with Gasteiger partial charge in [-0.1, -0.05) is 26.8 Å². The third kappa shape index (κ3) is 3.57. The summed E-state index contributed by atoms with van der Waals surface area (Å²) in [6, 6.07) is 6.71. The number of nitrogens with zero attached hydrogens (tertiary/aromatic N) is 1. The molecule has 1 aromatic rings. The second kappa shape index (κ2) is 4.56. The van der Waals surface area contributed by atoms with Crippen LogP contribution in [-0.4, -0.2) is 18.1 Å². The summed E-state index contributed by atoms with van der Waals surface area (Å²) in [5.74, 6) is 0.228. The molecule has 0 saturated heterocycles. The van der Waals surface area contributed by atoms with Gasteiger partial charge in [-0.3, -0.25) is 4.79 Å². The molecule has 0 unspecified atom stereocenters. The summed E-state index contributed by atoms with van der Waals surface area (Å²) in [7, 11) is 1.73. The van der Waals surface area contributed by atoms with Crippen molar-refractivity contribution in [2.75, 3.05) is 11.9 Å². The van der Waals surface area contributed by atoms with Crippen molar-refractivity contribution in [3.8, 4) is 5.75 Å². The molecule has 0 bridgehead atoms. The van der Waals surface area contributed by atoms with Crippen LogP contribution in [0.2, 0.25) is 0 Å². The molecule has 0 aliphatic carbocycles. The van der Waals surface area contributed by atoms with Crippen LogP contribution in [0, 0.1) is 5.41 Å². The molecule has 1 N–H and O–H groups in total. The van der Waals surface area contributed by atoms with Gasteiger partial charge in [0, 0.05) is 25.2 Å². The number of phenols is 1. The Morgan fingerprint density at radius 2 is 2.00 bits per heavy atom. The third-order valence-electron chi connectivity index (χ3n) is 2.27. The summed E-state index contributed by atoms with van der Waals surface area (Å²) >= 11 is 0. The van der Waals surface area contributed by atoms with Crippen LogP contribution in [0.25, 0.3) is 0 Å². The van der Waals surface area contributed by atoms with Crippen LogP contribution in [0.15, 0.2) is 24.3 Å². The van der Waals surface area contributed by atoms with E-state index in [-0.39, 0.29) is 17.1 Å². The predicted octanol–water partition coefficient (Wildman–Crippen LogP) is 2.79. The van der Waals surface area contributed by atoms with Gasteiger partial charge in [0.25, 0.3) is 0 Å². The van der Waals surface area contributed by atoms with E-state index >= 15 is 0 Å². The Hall–Kier alpha value is -1.51. The normalized spacial score (nSPS) is 11.2.